The molecule has 1 saturated heterocycles. The molecule has 1 spiro atoms. The van der Waals surface area contributed by atoms with Gasteiger partial charge in [-0.05, 0) is 50.0 Å². The lowest BCUT2D eigenvalue weighted by atomic mass is 9.71. The minimum Gasteiger partial charge on any atom is -0.495 e. The number of benzene rings is 2. The molecule has 26 heavy (non-hydrogen) atoms. The second kappa shape index (κ2) is 7.29. The molecule has 2 aliphatic heterocycles. The van der Waals surface area contributed by atoms with E-state index in [9.17, 15) is 0 Å². The number of hydrogen-bond acceptors (Lipinski definition) is 3. The molecule has 2 N–H and O–H groups in total. The summed E-state index contributed by atoms with van der Waals surface area (Å²) in [7, 11) is 1.65. The lowest BCUT2D eigenvalue weighted by molar-refractivity contribution is 0.293. The van der Waals surface area contributed by atoms with Gasteiger partial charge in [-0.2, -0.15) is 0 Å². The number of fused-ring (bicyclic) bond motifs is 1. The van der Waals surface area contributed by atoms with Crippen LogP contribution in [0.25, 0.3) is 0 Å². The number of amidine groups is 1. The van der Waals surface area contributed by atoms with Crippen LogP contribution in [0, 0.1) is 5.41 Å². The third kappa shape index (κ3) is 3.19. The molecule has 0 aliphatic carbocycles. The van der Waals surface area contributed by atoms with Crippen LogP contribution < -0.4 is 15.4 Å². The summed E-state index contributed by atoms with van der Waals surface area (Å²) in [4.78, 5) is 5.02. The molecule has 4 nitrogen and oxygen atoms in total. The summed E-state index contributed by atoms with van der Waals surface area (Å²) in [6.45, 7) is 2.62. The van der Waals surface area contributed by atoms with Crippen LogP contribution in [0.1, 0.15) is 24.0 Å². The molecule has 5 heteroatoms. The van der Waals surface area contributed by atoms with Gasteiger partial charge in [0.25, 0.3) is 0 Å². The van der Waals surface area contributed by atoms with Gasteiger partial charge in [0.2, 0.25) is 0 Å². The van der Waals surface area contributed by atoms with E-state index in [-0.39, 0.29) is 5.41 Å². The van der Waals surface area contributed by atoms with Crippen molar-refractivity contribution in [1.82, 2.24) is 5.32 Å². The van der Waals surface area contributed by atoms with Crippen molar-refractivity contribution in [3.05, 3.63) is 58.6 Å². The van der Waals surface area contributed by atoms with Crippen molar-refractivity contribution in [1.29, 1.82) is 0 Å². The van der Waals surface area contributed by atoms with E-state index in [1.54, 1.807) is 7.11 Å². The summed E-state index contributed by atoms with van der Waals surface area (Å²) >= 11 is 6.26. The summed E-state index contributed by atoms with van der Waals surface area (Å²) in [5.74, 6) is 1.81. The molecule has 0 amide bonds. The number of halogens is 1. The molecule has 0 unspecified atom stereocenters. The van der Waals surface area contributed by atoms with Gasteiger partial charge in [0.15, 0.2) is 0 Å². The van der Waals surface area contributed by atoms with Crippen molar-refractivity contribution < 1.29 is 4.74 Å². The average Bonchev–Trinajstić information content (AvgIpc) is 2.67. The number of ether oxygens (including phenoxy) is 1. The van der Waals surface area contributed by atoms with E-state index in [2.05, 4.69) is 34.9 Å². The van der Waals surface area contributed by atoms with Gasteiger partial charge in [-0.3, -0.25) is 4.99 Å². The highest BCUT2D eigenvalue weighted by atomic mass is 35.5. The van der Waals surface area contributed by atoms with Crippen LogP contribution in [0.3, 0.4) is 0 Å². The normalized spacial score (nSPS) is 19.8. The molecule has 2 aliphatic rings. The quantitative estimate of drug-likeness (QED) is 0.848. The highest BCUT2D eigenvalue weighted by Crippen LogP contribution is 2.41. The Labute approximate surface area is 159 Å². The van der Waals surface area contributed by atoms with Crippen molar-refractivity contribution in [3.8, 4) is 5.75 Å². The first-order valence-corrected chi connectivity index (χ1v) is 9.52. The van der Waals surface area contributed by atoms with Crippen molar-refractivity contribution >= 4 is 23.1 Å². The van der Waals surface area contributed by atoms with Crippen molar-refractivity contribution in [2.24, 2.45) is 10.4 Å². The standard InChI is InChI=1S/C21H24ClN3O/c1-26-19-16(6-4-7-17(19)22)14-24-20-21(9-11-23-12-10-21)13-15-5-2-3-8-18(15)25-20/h2-8,23H,9-14H2,1H3,(H,24,25). The Bertz CT molecular complexity index is 828. The minimum atomic E-state index is 0.0887. The van der Waals surface area contributed by atoms with Crippen molar-refractivity contribution in [3.63, 3.8) is 0 Å². The molecule has 1 fully saturated rings. The van der Waals surface area contributed by atoms with Crippen LogP contribution in [0.2, 0.25) is 5.02 Å². The number of methoxy groups -OCH3 is 1. The maximum atomic E-state index is 6.26. The zero-order chi connectivity index (χ0) is 18.0. The van der Waals surface area contributed by atoms with Gasteiger partial charge in [-0.1, -0.05) is 41.9 Å². The minimum absolute atomic E-state index is 0.0887. The SMILES string of the molecule is COc1c(Cl)cccc1CN=C1Nc2ccccc2CC12CCNCC2. The first kappa shape index (κ1) is 17.4. The number of aliphatic imine (C=N–C) groups is 1. The van der Waals surface area contributed by atoms with Crippen molar-refractivity contribution in [2.45, 2.75) is 25.8 Å². The number of nitrogens with zero attached hydrogens (tertiary/aromatic N) is 1. The Morgan fingerprint density at radius 1 is 1.12 bits per heavy atom. The van der Waals surface area contributed by atoms with E-state index in [0.717, 1.165) is 43.8 Å². The van der Waals surface area contributed by atoms with E-state index >= 15 is 0 Å². The van der Waals surface area contributed by atoms with Crippen LogP contribution in [-0.4, -0.2) is 26.0 Å². The fourth-order valence-corrected chi connectivity index (χ4v) is 4.37. The molecule has 0 radical (unpaired) electrons. The zero-order valence-corrected chi connectivity index (χ0v) is 15.8. The molecule has 2 aromatic carbocycles. The summed E-state index contributed by atoms with van der Waals surface area (Å²) in [5.41, 5.74) is 3.66. The second-order valence-corrected chi connectivity index (χ2v) is 7.49. The maximum Gasteiger partial charge on any atom is 0.142 e. The molecular weight excluding hydrogens is 346 g/mol. The molecule has 0 atom stereocenters. The van der Waals surface area contributed by atoms with Gasteiger partial charge in [0.05, 0.1) is 18.7 Å². The van der Waals surface area contributed by atoms with Crippen molar-refractivity contribution in [2.75, 3.05) is 25.5 Å². The zero-order valence-electron chi connectivity index (χ0n) is 15.0. The van der Waals surface area contributed by atoms with E-state index in [1.807, 2.05) is 18.2 Å². The highest BCUT2D eigenvalue weighted by molar-refractivity contribution is 6.32. The van der Waals surface area contributed by atoms with Crippen LogP contribution in [0.4, 0.5) is 5.69 Å². The molecule has 0 aromatic heterocycles. The Hall–Kier alpha value is -2.04. The van der Waals surface area contributed by atoms with Crippen LogP contribution in [-0.2, 0) is 13.0 Å². The largest absolute Gasteiger partial charge is 0.495 e. The van der Waals surface area contributed by atoms with Gasteiger partial charge in [-0.15, -0.1) is 0 Å². The van der Waals surface area contributed by atoms with E-state index in [4.69, 9.17) is 21.3 Å². The van der Waals surface area contributed by atoms with Crippen LogP contribution in [0.5, 0.6) is 5.75 Å². The number of para-hydroxylation sites is 2. The predicted molar refractivity (Wildman–Crippen MR) is 107 cm³/mol. The van der Waals surface area contributed by atoms with Gasteiger partial charge in [0.1, 0.15) is 11.6 Å². The monoisotopic (exact) mass is 369 g/mol. The molecule has 0 saturated carbocycles. The topological polar surface area (TPSA) is 45.6 Å². The first-order chi connectivity index (χ1) is 12.7. The summed E-state index contributed by atoms with van der Waals surface area (Å²) < 4.78 is 5.48. The summed E-state index contributed by atoms with van der Waals surface area (Å²) in [5, 5.41) is 7.74. The molecule has 4 rings (SSSR count). The maximum absolute atomic E-state index is 6.26. The second-order valence-electron chi connectivity index (χ2n) is 7.09. The number of piperidine rings is 1. The van der Waals surface area contributed by atoms with Gasteiger partial charge in [-0.25, -0.2) is 0 Å². The lowest BCUT2D eigenvalue weighted by Gasteiger charge is -2.42. The summed E-state index contributed by atoms with van der Waals surface area (Å²) in [6.07, 6.45) is 3.24. The average molecular weight is 370 g/mol. The predicted octanol–water partition coefficient (Wildman–Crippen LogP) is 4.29. The molecular formula is C21H24ClN3O. The number of nitrogens with one attached hydrogen (secondary N) is 2. The Balaban J connectivity index is 1.69. The molecule has 0 bridgehead atoms. The highest BCUT2D eigenvalue weighted by Gasteiger charge is 2.40. The summed E-state index contributed by atoms with van der Waals surface area (Å²) in [6, 6.07) is 14.4. The van der Waals surface area contributed by atoms with E-state index in [1.165, 1.54) is 11.3 Å². The number of anilines is 1. The molecule has 136 valence electrons. The Morgan fingerprint density at radius 2 is 1.92 bits per heavy atom. The molecule has 2 aromatic rings. The fourth-order valence-electron chi connectivity index (χ4n) is 4.10. The third-order valence-electron chi connectivity index (χ3n) is 5.52. The van der Waals surface area contributed by atoms with Gasteiger partial charge in [0, 0.05) is 16.7 Å². The van der Waals surface area contributed by atoms with Gasteiger partial charge >= 0.3 is 0 Å². The van der Waals surface area contributed by atoms with Gasteiger partial charge < -0.3 is 15.4 Å². The van der Waals surface area contributed by atoms with Crippen LogP contribution in [0.15, 0.2) is 47.5 Å². The Kier molecular flexibility index (Phi) is 4.88. The van der Waals surface area contributed by atoms with E-state index in [0.29, 0.717) is 17.3 Å². The third-order valence-corrected chi connectivity index (χ3v) is 5.82. The number of hydrogen-bond donors (Lipinski definition) is 2. The Morgan fingerprint density at radius 3 is 2.73 bits per heavy atom. The molecule has 2 heterocycles. The number of rotatable bonds is 3. The smallest absolute Gasteiger partial charge is 0.142 e. The van der Waals surface area contributed by atoms with E-state index < -0.39 is 0 Å². The lowest BCUT2D eigenvalue weighted by Crippen LogP contribution is -2.48. The first-order valence-electron chi connectivity index (χ1n) is 9.14. The fraction of sp³-hybridized carbons (Fsp3) is 0.381. The van der Waals surface area contributed by atoms with Crippen LogP contribution >= 0.6 is 11.6 Å².